The summed E-state index contributed by atoms with van der Waals surface area (Å²) < 4.78 is 13.5. The molecular weight excluding hydrogens is 371 g/mol. The smallest absolute Gasteiger partial charge is 0.123 e. The minimum atomic E-state index is -0.222. The van der Waals surface area contributed by atoms with Crippen molar-refractivity contribution in [1.29, 1.82) is 0 Å². The average molecular weight is 392 g/mol. The zero-order valence-electron chi connectivity index (χ0n) is 16.4. The van der Waals surface area contributed by atoms with Gasteiger partial charge < -0.3 is 0 Å². The van der Waals surface area contributed by atoms with Crippen molar-refractivity contribution >= 4 is 11.4 Å². The summed E-state index contributed by atoms with van der Waals surface area (Å²) in [6.07, 6.45) is 0.769. The Kier molecular flexibility index (Phi) is 4.86. The van der Waals surface area contributed by atoms with E-state index in [4.69, 9.17) is 5.10 Å². The van der Waals surface area contributed by atoms with Gasteiger partial charge in [-0.15, -0.1) is 0 Å². The molecular formula is C27H21FN2. The molecule has 146 valence electrons. The lowest BCUT2D eigenvalue weighted by Crippen LogP contribution is -2.18. The first-order chi connectivity index (χ1) is 14.8. The van der Waals surface area contributed by atoms with Crippen LogP contribution < -0.4 is 5.01 Å². The van der Waals surface area contributed by atoms with E-state index in [0.717, 1.165) is 28.9 Å². The molecule has 0 fully saturated rings. The van der Waals surface area contributed by atoms with Crippen molar-refractivity contribution in [1.82, 2.24) is 0 Å². The fraction of sp³-hybridized carbons (Fsp3) is 0.0741. The third-order valence-electron chi connectivity index (χ3n) is 5.51. The summed E-state index contributed by atoms with van der Waals surface area (Å²) in [7, 11) is 0. The highest BCUT2D eigenvalue weighted by Crippen LogP contribution is 2.36. The zero-order chi connectivity index (χ0) is 20.3. The van der Waals surface area contributed by atoms with Crippen LogP contribution in [0.3, 0.4) is 0 Å². The van der Waals surface area contributed by atoms with Crippen molar-refractivity contribution in [2.45, 2.75) is 12.5 Å². The summed E-state index contributed by atoms with van der Waals surface area (Å²) in [4.78, 5) is 0. The summed E-state index contributed by atoms with van der Waals surface area (Å²) in [5.74, 6) is -0.222. The molecule has 4 aromatic carbocycles. The second kappa shape index (κ2) is 7.96. The van der Waals surface area contributed by atoms with Gasteiger partial charge in [0.1, 0.15) is 5.82 Å². The third-order valence-corrected chi connectivity index (χ3v) is 5.51. The predicted octanol–water partition coefficient (Wildman–Crippen LogP) is 6.85. The van der Waals surface area contributed by atoms with Gasteiger partial charge in [-0.1, -0.05) is 84.9 Å². The van der Waals surface area contributed by atoms with E-state index in [1.54, 1.807) is 0 Å². The number of para-hydroxylation sites is 1. The van der Waals surface area contributed by atoms with Gasteiger partial charge in [0.25, 0.3) is 0 Å². The maximum absolute atomic E-state index is 13.5. The quantitative estimate of drug-likeness (QED) is 0.371. The Morgan fingerprint density at radius 1 is 0.633 bits per heavy atom. The van der Waals surface area contributed by atoms with E-state index in [9.17, 15) is 4.39 Å². The zero-order valence-corrected chi connectivity index (χ0v) is 16.4. The summed E-state index contributed by atoms with van der Waals surface area (Å²) in [6, 6.07) is 35.8. The first-order valence-electron chi connectivity index (χ1n) is 10.1. The minimum Gasteiger partial charge on any atom is -0.257 e. The van der Waals surface area contributed by atoms with Crippen molar-refractivity contribution in [3.63, 3.8) is 0 Å². The maximum atomic E-state index is 13.5. The number of nitrogens with zero attached hydrogens (tertiary/aromatic N) is 2. The molecule has 1 aliphatic heterocycles. The fourth-order valence-electron chi connectivity index (χ4n) is 3.93. The second-order valence-corrected chi connectivity index (χ2v) is 7.44. The van der Waals surface area contributed by atoms with Gasteiger partial charge in [-0.2, -0.15) is 5.10 Å². The van der Waals surface area contributed by atoms with E-state index in [-0.39, 0.29) is 11.9 Å². The number of anilines is 1. The number of benzene rings is 4. The van der Waals surface area contributed by atoms with Crippen LogP contribution in [-0.2, 0) is 0 Å². The largest absolute Gasteiger partial charge is 0.257 e. The molecule has 0 saturated carbocycles. The number of halogens is 1. The van der Waals surface area contributed by atoms with Crippen LogP contribution in [-0.4, -0.2) is 5.71 Å². The van der Waals surface area contributed by atoms with Crippen LogP contribution in [0.15, 0.2) is 114 Å². The van der Waals surface area contributed by atoms with Crippen molar-refractivity contribution in [3.8, 4) is 11.1 Å². The Hall–Kier alpha value is -3.72. The van der Waals surface area contributed by atoms with Gasteiger partial charge in [0.2, 0.25) is 0 Å². The first kappa shape index (κ1) is 18.3. The molecule has 0 radical (unpaired) electrons. The Bertz CT molecular complexity index is 1150. The molecule has 3 heteroatoms. The highest BCUT2D eigenvalue weighted by molar-refractivity contribution is 6.03. The predicted molar refractivity (Wildman–Crippen MR) is 121 cm³/mol. The molecule has 0 amide bonds. The second-order valence-electron chi connectivity index (χ2n) is 7.44. The molecule has 0 spiro atoms. The Morgan fingerprint density at radius 2 is 1.20 bits per heavy atom. The minimum absolute atomic E-state index is 0.0387. The van der Waals surface area contributed by atoms with E-state index >= 15 is 0 Å². The van der Waals surface area contributed by atoms with E-state index < -0.39 is 0 Å². The van der Waals surface area contributed by atoms with Gasteiger partial charge in [0.05, 0.1) is 17.4 Å². The lowest BCUT2D eigenvalue weighted by molar-refractivity contribution is 0.624. The third kappa shape index (κ3) is 3.62. The monoisotopic (exact) mass is 392 g/mol. The molecule has 30 heavy (non-hydrogen) atoms. The molecule has 0 saturated heterocycles. The molecule has 5 rings (SSSR count). The Morgan fingerprint density at radius 3 is 1.87 bits per heavy atom. The van der Waals surface area contributed by atoms with Crippen LogP contribution >= 0.6 is 0 Å². The van der Waals surface area contributed by atoms with Crippen LogP contribution in [0.4, 0.5) is 10.1 Å². The van der Waals surface area contributed by atoms with Gasteiger partial charge in [-0.25, -0.2) is 4.39 Å². The fourth-order valence-corrected chi connectivity index (χ4v) is 3.93. The van der Waals surface area contributed by atoms with Gasteiger partial charge in [0.15, 0.2) is 0 Å². The number of hydrogen-bond donors (Lipinski definition) is 0. The normalized spacial score (nSPS) is 15.8. The number of rotatable bonds is 4. The van der Waals surface area contributed by atoms with Gasteiger partial charge in [-0.3, -0.25) is 5.01 Å². The molecule has 0 N–H and O–H groups in total. The van der Waals surface area contributed by atoms with Crippen LogP contribution in [0.2, 0.25) is 0 Å². The van der Waals surface area contributed by atoms with E-state index in [1.165, 1.54) is 23.3 Å². The Balaban J connectivity index is 1.48. The number of hydrazone groups is 1. The van der Waals surface area contributed by atoms with Crippen LogP contribution in [0.5, 0.6) is 0 Å². The Labute approximate surface area is 175 Å². The first-order valence-corrected chi connectivity index (χ1v) is 10.1. The summed E-state index contributed by atoms with van der Waals surface area (Å²) in [5.41, 5.74) is 6.62. The molecule has 0 bridgehead atoms. The summed E-state index contributed by atoms with van der Waals surface area (Å²) in [5, 5.41) is 7.02. The standard InChI is InChI=1S/C27H21FN2/c28-24-17-15-23(16-18-24)27-19-26(29-30(27)25-9-5-2-6-10-25)22-13-11-21(12-14-22)20-7-3-1-4-8-20/h1-18,27H,19H2/t27-/m0/s1. The molecule has 1 heterocycles. The van der Waals surface area contributed by atoms with Gasteiger partial charge in [-0.05, 0) is 46.5 Å². The lowest BCUT2D eigenvalue weighted by atomic mass is 9.96. The molecule has 0 aliphatic carbocycles. The van der Waals surface area contributed by atoms with Crippen molar-refractivity contribution in [2.24, 2.45) is 5.10 Å². The van der Waals surface area contributed by atoms with Crippen molar-refractivity contribution < 1.29 is 4.39 Å². The van der Waals surface area contributed by atoms with Crippen molar-refractivity contribution in [3.05, 3.63) is 126 Å². The molecule has 2 nitrogen and oxygen atoms in total. The van der Waals surface area contributed by atoms with Crippen LogP contribution in [0.1, 0.15) is 23.6 Å². The SMILES string of the molecule is Fc1ccc([C@@H]2CC(c3ccc(-c4ccccc4)cc3)=NN2c2ccccc2)cc1. The van der Waals surface area contributed by atoms with E-state index in [1.807, 2.05) is 41.4 Å². The van der Waals surface area contributed by atoms with Crippen LogP contribution in [0, 0.1) is 5.82 Å². The van der Waals surface area contributed by atoms with Crippen LogP contribution in [0.25, 0.3) is 11.1 Å². The lowest BCUT2D eigenvalue weighted by Gasteiger charge is -2.23. The molecule has 1 aliphatic rings. The van der Waals surface area contributed by atoms with Crippen molar-refractivity contribution in [2.75, 3.05) is 5.01 Å². The maximum Gasteiger partial charge on any atom is 0.123 e. The van der Waals surface area contributed by atoms with E-state index in [0.29, 0.717) is 0 Å². The average Bonchev–Trinajstić information content (AvgIpc) is 3.26. The van der Waals surface area contributed by atoms with Gasteiger partial charge in [0, 0.05) is 6.42 Å². The molecule has 0 unspecified atom stereocenters. The van der Waals surface area contributed by atoms with Gasteiger partial charge >= 0.3 is 0 Å². The highest BCUT2D eigenvalue weighted by atomic mass is 19.1. The van der Waals surface area contributed by atoms with E-state index in [2.05, 4.69) is 60.7 Å². The topological polar surface area (TPSA) is 15.6 Å². The molecule has 1 atom stereocenters. The molecule has 0 aromatic heterocycles. The highest BCUT2D eigenvalue weighted by Gasteiger charge is 2.29. The summed E-state index contributed by atoms with van der Waals surface area (Å²) in [6.45, 7) is 0. The molecule has 4 aromatic rings. The number of hydrogen-bond acceptors (Lipinski definition) is 2. The summed E-state index contributed by atoms with van der Waals surface area (Å²) >= 11 is 0.